The summed E-state index contributed by atoms with van der Waals surface area (Å²) in [6, 6.07) is 0.858. The summed E-state index contributed by atoms with van der Waals surface area (Å²) >= 11 is 0. The summed E-state index contributed by atoms with van der Waals surface area (Å²) in [6.45, 7) is 6.06. The molecule has 1 heteroatoms. The lowest BCUT2D eigenvalue weighted by molar-refractivity contribution is -0.00332. The Labute approximate surface area is 63.4 Å². The van der Waals surface area contributed by atoms with Crippen LogP contribution in [0.25, 0.3) is 0 Å². The van der Waals surface area contributed by atoms with Crippen LogP contribution in [0.3, 0.4) is 0 Å². The van der Waals surface area contributed by atoms with Crippen molar-refractivity contribution in [1.29, 1.82) is 0 Å². The second-order valence-corrected chi connectivity index (χ2v) is 4.28. The zero-order valence-electron chi connectivity index (χ0n) is 7.15. The first-order valence-electron chi connectivity index (χ1n) is 4.18. The van der Waals surface area contributed by atoms with Crippen LogP contribution in [0.2, 0.25) is 0 Å². The van der Waals surface area contributed by atoms with Crippen LogP contribution in [0.5, 0.6) is 0 Å². The molecule has 1 saturated carbocycles. The first-order chi connectivity index (χ1) is 4.62. The Morgan fingerprint density at radius 1 is 1.50 bits per heavy atom. The fourth-order valence-corrected chi connectivity index (χ4v) is 2.45. The molecule has 1 atom stereocenters. The zero-order chi connectivity index (χ0) is 7.35. The van der Waals surface area contributed by atoms with Gasteiger partial charge in [-0.15, -0.1) is 0 Å². The van der Waals surface area contributed by atoms with Crippen LogP contribution in [0.4, 0.5) is 0 Å². The molecule has 3 rings (SSSR count). The van der Waals surface area contributed by atoms with E-state index in [1.807, 2.05) is 0 Å². The monoisotopic (exact) mass is 138 g/mol. The smallest absolute Gasteiger partial charge is 0.0155 e. The fraction of sp³-hybridized carbons (Fsp3) is 0.889. The van der Waals surface area contributed by atoms with Crippen LogP contribution >= 0.6 is 0 Å². The molecule has 0 aromatic carbocycles. The maximum Gasteiger partial charge on any atom is 0.0155 e. The van der Waals surface area contributed by atoms with Gasteiger partial charge in [0.15, 0.2) is 0 Å². The van der Waals surface area contributed by atoms with Crippen molar-refractivity contribution in [3.63, 3.8) is 0 Å². The summed E-state index contributed by atoms with van der Waals surface area (Å²) in [5, 5.41) is 0. The lowest BCUT2D eigenvalue weighted by Crippen LogP contribution is -2.61. The molecule has 1 unspecified atom stereocenters. The van der Waals surface area contributed by atoms with Crippen molar-refractivity contribution >= 4 is 0 Å². The molecule has 0 aromatic heterocycles. The molecule has 2 bridgehead atoms. The third kappa shape index (κ3) is 0.619. The maximum atomic E-state index is 2.51. The van der Waals surface area contributed by atoms with Crippen LogP contribution in [0.15, 0.2) is 0 Å². The predicted molar refractivity (Wildman–Crippen MR) is 42.7 cm³/mol. The summed E-state index contributed by atoms with van der Waals surface area (Å²) in [5.74, 6) is 1.80. The Balaban J connectivity index is 2.16. The van der Waals surface area contributed by atoms with Crippen LogP contribution in [-0.2, 0) is 0 Å². The number of hydrogen-bond acceptors (Lipinski definition) is 1. The molecule has 10 heavy (non-hydrogen) atoms. The van der Waals surface area contributed by atoms with Gasteiger partial charge in [0.25, 0.3) is 0 Å². The van der Waals surface area contributed by atoms with Gasteiger partial charge in [0.2, 0.25) is 0 Å². The minimum absolute atomic E-state index is 0.549. The molecule has 0 spiro atoms. The summed E-state index contributed by atoms with van der Waals surface area (Å²) in [6.07, 6.45) is 2.73. The average molecular weight is 138 g/mol. The Morgan fingerprint density at radius 2 is 2.20 bits per heavy atom. The molecule has 2 heterocycles. The van der Waals surface area contributed by atoms with Gasteiger partial charge in [-0.25, -0.2) is 0 Å². The van der Waals surface area contributed by atoms with Crippen molar-refractivity contribution in [3.05, 3.63) is 5.92 Å². The van der Waals surface area contributed by atoms with E-state index in [0.29, 0.717) is 5.41 Å². The van der Waals surface area contributed by atoms with Crippen LogP contribution in [-0.4, -0.2) is 24.5 Å². The van der Waals surface area contributed by atoms with Crippen LogP contribution in [0, 0.1) is 11.3 Å². The van der Waals surface area contributed by atoms with Gasteiger partial charge in [-0.3, -0.25) is 0 Å². The van der Waals surface area contributed by atoms with E-state index in [1.165, 1.54) is 19.4 Å². The van der Waals surface area contributed by atoms with Gasteiger partial charge < -0.3 is 4.90 Å². The third-order valence-corrected chi connectivity index (χ3v) is 3.48. The zero-order valence-corrected chi connectivity index (χ0v) is 7.15. The minimum atomic E-state index is 0.549. The van der Waals surface area contributed by atoms with Gasteiger partial charge in [0.1, 0.15) is 0 Å². The highest BCUT2D eigenvalue weighted by molar-refractivity contribution is 5.23. The van der Waals surface area contributed by atoms with E-state index in [-0.39, 0.29) is 0 Å². The van der Waals surface area contributed by atoms with Crippen molar-refractivity contribution in [2.75, 3.05) is 13.6 Å². The van der Waals surface area contributed by atoms with Crippen molar-refractivity contribution in [2.45, 2.75) is 32.7 Å². The first kappa shape index (κ1) is 6.66. The van der Waals surface area contributed by atoms with E-state index in [4.69, 9.17) is 0 Å². The second-order valence-electron chi connectivity index (χ2n) is 4.28. The van der Waals surface area contributed by atoms with Gasteiger partial charge in [0, 0.05) is 6.04 Å². The first-order valence-corrected chi connectivity index (χ1v) is 4.18. The Morgan fingerprint density at radius 3 is 2.50 bits per heavy atom. The Kier molecular flexibility index (Phi) is 1.17. The van der Waals surface area contributed by atoms with E-state index >= 15 is 0 Å². The van der Waals surface area contributed by atoms with E-state index in [1.54, 1.807) is 5.92 Å². The highest BCUT2D eigenvalue weighted by Gasteiger charge is 2.52. The normalized spacial score (nSPS) is 39.3. The highest BCUT2D eigenvalue weighted by Crippen LogP contribution is 2.54. The van der Waals surface area contributed by atoms with Gasteiger partial charge in [-0.2, -0.15) is 0 Å². The van der Waals surface area contributed by atoms with Crippen molar-refractivity contribution in [2.24, 2.45) is 5.41 Å². The Hall–Kier alpha value is -0.0400. The van der Waals surface area contributed by atoms with Crippen LogP contribution in [0.1, 0.15) is 26.7 Å². The summed E-state index contributed by atoms with van der Waals surface area (Å²) in [7, 11) is 2.25. The molecule has 1 nitrogen and oxygen atoms in total. The highest BCUT2D eigenvalue weighted by atomic mass is 15.2. The number of piperidine rings is 2. The number of rotatable bonds is 0. The van der Waals surface area contributed by atoms with Gasteiger partial charge in [-0.1, -0.05) is 13.8 Å². The molecule has 3 aliphatic rings. The standard InChI is InChI=1S/C9H16N/c1-9(2)7-4-5-10(3)8(9)6-7/h8H,4-6H2,1-3H3. The molecule has 0 N–H and O–H groups in total. The summed E-state index contributed by atoms with van der Waals surface area (Å²) in [5.41, 5.74) is 0.549. The molecule has 0 amide bonds. The number of nitrogens with zero attached hydrogens (tertiary/aromatic N) is 1. The average Bonchev–Trinajstić information content (AvgIpc) is 1.87. The minimum Gasteiger partial charge on any atom is -0.303 e. The molecular weight excluding hydrogens is 122 g/mol. The molecule has 3 fully saturated rings. The van der Waals surface area contributed by atoms with Crippen molar-refractivity contribution in [3.8, 4) is 0 Å². The third-order valence-electron chi connectivity index (χ3n) is 3.48. The SMILES string of the molecule is CN1CC[C]2CC1C2(C)C. The van der Waals surface area contributed by atoms with E-state index in [9.17, 15) is 0 Å². The molecule has 57 valence electrons. The van der Waals surface area contributed by atoms with Gasteiger partial charge in [-0.05, 0) is 37.8 Å². The predicted octanol–water partition coefficient (Wildman–Crippen LogP) is 1.69. The maximum absolute atomic E-state index is 2.51. The van der Waals surface area contributed by atoms with E-state index < -0.39 is 0 Å². The van der Waals surface area contributed by atoms with E-state index in [0.717, 1.165) is 6.04 Å². The Bertz CT molecular complexity index is 149. The lowest BCUT2D eigenvalue weighted by Gasteiger charge is -2.60. The number of fused-ring (bicyclic) bond motifs is 2. The molecule has 2 aliphatic heterocycles. The molecule has 1 radical (unpaired) electrons. The van der Waals surface area contributed by atoms with Gasteiger partial charge in [0.05, 0.1) is 0 Å². The molecular formula is C9H16N. The van der Waals surface area contributed by atoms with Crippen molar-refractivity contribution < 1.29 is 0 Å². The molecule has 0 aromatic rings. The lowest BCUT2D eigenvalue weighted by atomic mass is 9.55. The summed E-state index contributed by atoms with van der Waals surface area (Å²) < 4.78 is 0. The number of hydrogen-bond donors (Lipinski definition) is 0. The van der Waals surface area contributed by atoms with Crippen LogP contribution < -0.4 is 0 Å². The van der Waals surface area contributed by atoms with E-state index in [2.05, 4.69) is 25.8 Å². The van der Waals surface area contributed by atoms with Gasteiger partial charge >= 0.3 is 0 Å². The quantitative estimate of drug-likeness (QED) is 0.492. The largest absolute Gasteiger partial charge is 0.303 e. The topological polar surface area (TPSA) is 3.24 Å². The second kappa shape index (κ2) is 1.76. The fourth-order valence-electron chi connectivity index (χ4n) is 2.45. The molecule has 2 saturated heterocycles. The summed E-state index contributed by atoms with van der Waals surface area (Å²) in [4.78, 5) is 2.51. The molecule has 1 aliphatic carbocycles. The van der Waals surface area contributed by atoms with Crippen molar-refractivity contribution in [1.82, 2.24) is 4.90 Å².